The number of pyridine rings is 1. The molecule has 144 valence electrons. The largest absolute Gasteiger partial charge is 0.480 e. The van der Waals surface area contributed by atoms with Crippen LogP contribution in [-0.4, -0.2) is 37.7 Å². The molecule has 8 nitrogen and oxygen atoms in total. The second-order valence-corrected chi connectivity index (χ2v) is 6.85. The lowest BCUT2D eigenvalue weighted by molar-refractivity contribution is -0.617. The van der Waals surface area contributed by atoms with E-state index in [1.54, 1.807) is 0 Å². The van der Waals surface area contributed by atoms with Crippen LogP contribution < -0.4 is 9.88 Å². The monoisotopic (exact) mass is 393 g/mol. The lowest BCUT2D eigenvalue weighted by Gasteiger charge is -2.10. The number of aromatic nitrogens is 1. The van der Waals surface area contributed by atoms with Crippen molar-refractivity contribution in [1.29, 1.82) is 0 Å². The first-order valence-corrected chi connectivity index (χ1v) is 9.35. The number of hydrogen-bond acceptors (Lipinski definition) is 5. The molecule has 0 saturated heterocycles. The molecule has 3 aromatic rings. The number of carboxylic acids is 1. The first-order chi connectivity index (χ1) is 12.7. The molecule has 1 heterocycles. The molecular weight excluding hydrogens is 372 g/mol. The summed E-state index contributed by atoms with van der Waals surface area (Å²) in [6.07, 6.45) is 0. The molecule has 0 spiro atoms. The third-order valence-electron chi connectivity index (χ3n) is 3.97. The van der Waals surface area contributed by atoms with E-state index in [1.165, 1.54) is 0 Å². The van der Waals surface area contributed by atoms with Crippen molar-refractivity contribution < 1.29 is 31.6 Å². The Hall–Kier alpha value is -2.59. The van der Waals surface area contributed by atoms with Crippen molar-refractivity contribution in [2.24, 2.45) is 7.05 Å². The third kappa shape index (κ3) is 5.44. The number of carboxylic acid groups (broad SMARTS) is 1. The van der Waals surface area contributed by atoms with Crippen molar-refractivity contribution in [1.82, 2.24) is 5.32 Å². The zero-order valence-corrected chi connectivity index (χ0v) is 15.7. The van der Waals surface area contributed by atoms with E-state index >= 15 is 0 Å². The molecule has 0 unspecified atom stereocenters. The Morgan fingerprint density at radius 2 is 1.52 bits per heavy atom. The average molecular weight is 393 g/mol. The fourth-order valence-electron chi connectivity index (χ4n) is 2.80. The number of rotatable bonds is 5. The van der Waals surface area contributed by atoms with Gasteiger partial charge in [-0.2, -0.15) is 13.0 Å². The van der Waals surface area contributed by atoms with Crippen LogP contribution in [0, 0.1) is 0 Å². The number of fused-ring (bicyclic) bond motifs is 2. The van der Waals surface area contributed by atoms with E-state index in [-0.39, 0.29) is 6.54 Å². The molecule has 0 aliphatic carbocycles. The molecular formula is C18H21N2O6S+. The maximum absolute atomic E-state index is 10.7. The predicted molar refractivity (Wildman–Crippen MR) is 101 cm³/mol. The van der Waals surface area contributed by atoms with Gasteiger partial charge in [-0.3, -0.25) is 13.5 Å². The summed E-state index contributed by atoms with van der Waals surface area (Å²) in [4.78, 5) is 10.7. The molecule has 0 amide bonds. The van der Waals surface area contributed by atoms with E-state index < -0.39 is 16.4 Å². The van der Waals surface area contributed by atoms with Crippen LogP contribution in [0.1, 0.15) is 5.56 Å². The number of carbonyl (C=O) groups is 1. The van der Waals surface area contributed by atoms with Gasteiger partial charge < -0.3 is 10.4 Å². The molecule has 1 aromatic heterocycles. The topological polar surface area (TPSA) is 117 Å². The van der Waals surface area contributed by atoms with Crippen molar-refractivity contribution in [3.05, 3.63) is 54.1 Å². The number of hydrogen-bond donors (Lipinski definition) is 3. The number of nitrogens with one attached hydrogen (secondary N) is 1. The van der Waals surface area contributed by atoms with E-state index in [2.05, 4.69) is 45.4 Å². The van der Waals surface area contributed by atoms with Gasteiger partial charge in [0, 0.05) is 18.7 Å². The maximum Gasteiger partial charge on any atom is 0.397 e. The number of nitrogens with zero attached hydrogens (tertiary/aromatic N) is 1. The highest BCUT2D eigenvalue weighted by molar-refractivity contribution is 7.80. The van der Waals surface area contributed by atoms with Gasteiger partial charge in [-0.1, -0.05) is 24.3 Å². The van der Waals surface area contributed by atoms with Gasteiger partial charge in [0.2, 0.25) is 11.0 Å². The molecule has 2 aromatic carbocycles. The summed E-state index contributed by atoms with van der Waals surface area (Å²) in [5, 5.41) is 14.1. The molecule has 3 rings (SSSR count). The second kappa shape index (κ2) is 8.87. The summed E-state index contributed by atoms with van der Waals surface area (Å²) in [6.45, 7) is 0.498. The van der Waals surface area contributed by atoms with Crippen molar-refractivity contribution in [2.45, 2.75) is 6.54 Å². The van der Waals surface area contributed by atoms with Gasteiger partial charge in [0.05, 0.1) is 24.4 Å². The zero-order valence-electron chi connectivity index (χ0n) is 14.9. The van der Waals surface area contributed by atoms with E-state index in [1.807, 2.05) is 24.3 Å². The smallest absolute Gasteiger partial charge is 0.397 e. The van der Waals surface area contributed by atoms with Gasteiger partial charge in [0.1, 0.15) is 7.05 Å². The fourth-order valence-corrected chi connectivity index (χ4v) is 2.80. The minimum Gasteiger partial charge on any atom is -0.480 e. The van der Waals surface area contributed by atoms with Gasteiger partial charge in [-0.05, 0) is 17.7 Å². The Kier molecular flexibility index (Phi) is 6.81. The number of aryl methyl sites for hydroxylation is 1. The number of para-hydroxylation sites is 2. The molecule has 0 bridgehead atoms. The minimum absolute atomic E-state index is 0.0380. The van der Waals surface area contributed by atoms with E-state index in [4.69, 9.17) is 9.66 Å². The summed E-state index contributed by atoms with van der Waals surface area (Å²) < 4.78 is 31.9. The molecule has 0 aliphatic rings. The third-order valence-corrected chi connectivity index (χ3v) is 4.39. The summed E-state index contributed by atoms with van der Waals surface area (Å²) in [5.74, 6) is -0.843. The Bertz CT molecular complexity index is 1010. The van der Waals surface area contributed by atoms with Gasteiger partial charge in [0.15, 0.2) is 0 Å². The Morgan fingerprint density at radius 3 is 1.93 bits per heavy atom. The van der Waals surface area contributed by atoms with Crippen LogP contribution >= 0.6 is 0 Å². The summed E-state index contributed by atoms with van der Waals surface area (Å²) in [5.41, 5.74) is 3.42. The van der Waals surface area contributed by atoms with Crippen LogP contribution in [0.25, 0.3) is 21.8 Å². The Labute approximate surface area is 157 Å². The van der Waals surface area contributed by atoms with E-state index in [0.717, 1.165) is 34.5 Å². The zero-order chi connectivity index (χ0) is 20.0. The highest BCUT2D eigenvalue weighted by atomic mass is 32.3. The lowest BCUT2D eigenvalue weighted by atomic mass is 10.0. The van der Waals surface area contributed by atoms with Crippen LogP contribution in [0.5, 0.6) is 0 Å². The first-order valence-electron chi connectivity index (χ1n) is 7.98. The number of benzene rings is 2. The van der Waals surface area contributed by atoms with Crippen LogP contribution in [0.15, 0.2) is 48.5 Å². The Morgan fingerprint density at radius 1 is 1.07 bits per heavy atom. The maximum atomic E-state index is 10.7. The SMILES string of the molecule is COS(=O)(=O)O.C[n+]1c2ccccc2c(CNCC(=O)O)c2ccccc21. The van der Waals surface area contributed by atoms with Crippen LogP contribution in [-0.2, 0) is 33.0 Å². The van der Waals surface area contributed by atoms with E-state index in [0.29, 0.717) is 6.54 Å². The normalized spacial score (nSPS) is 11.2. The predicted octanol–water partition coefficient (Wildman–Crippen LogP) is 1.43. The van der Waals surface area contributed by atoms with Gasteiger partial charge in [-0.25, -0.2) is 0 Å². The average Bonchev–Trinajstić information content (AvgIpc) is 2.64. The van der Waals surface area contributed by atoms with Crippen molar-refractivity contribution in [2.75, 3.05) is 13.7 Å². The molecule has 27 heavy (non-hydrogen) atoms. The van der Waals surface area contributed by atoms with Crippen LogP contribution in [0.2, 0.25) is 0 Å². The van der Waals surface area contributed by atoms with Crippen LogP contribution in [0.3, 0.4) is 0 Å². The molecule has 3 N–H and O–H groups in total. The van der Waals surface area contributed by atoms with E-state index in [9.17, 15) is 13.2 Å². The van der Waals surface area contributed by atoms with Gasteiger partial charge >= 0.3 is 16.4 Å². The lowest BCUT2D eigenvalue weighted by Crippen LogP contribution is -2.31. The van der Waals surface area contributed by atoms with Crippen molar-refractivity contribution in [3.63, 3.8) is 0 Å². The minimum atomic E-state index is -4.16. The number of aliphatic carboxylic acids is 1. The first kappa shape index (κ1) is 20.7. The molecule has 0 aliphatic heterocycles. The molecule has 0 radical (unpaired) electrons. The summed E-state index contributed by atoms with van der Waals surface area (Å²) >= 11 is 0. The van der Waals surface area contributed by atoms with Gasteiger partial charge in [-0.15, -0.1) is 0 Å². The van der Waals surface area contributed by atoms with Crippen molar-refractivity contribution in [3.8, 4) is 0 Å². The Balaban J connectivity index is 0.000000380. The molecule has 0 atom stereocenters. The van der Waals surface area contributed by atoms with Crippen molar-refractivity contribution >= 4 is 38.2 Å². The quantitative estimate of drug-likeness (QED) is 0.341. The molecule has 0 fully saturated rings. The van der Waals surface area contributed by atoms with Gasteiger partial charge in [0.25, 0.3) is 0 Å². The summed E-state index contributed by atoms with van der Waals surface area (Å²) in [6, 6.07) is 16.4. The fraction of sp³-hybridized carbons (Fsp3) is 0.222. The summed E-state index contributed by atoms with van der Waals surface area (Å²) in [7, 11) is -1.24. The highest BCUT2D eigenvalue weighted by Crippen LogP contribution is 2.24. The molecule has 0 saturated carbocycles. The highest BCUT2D eigenvalue weighted by Gasteiger charge is 2.16. The van der Waals surface area contributed by atoms with Crippen LogP contribution in [0.4, 0.5) is 0 Å². The molecule has 9 heteroatoms. The standard InChI is InChI=1S/C17H16N2O2.CH4O4S/c1-19-15-8-4-2-6-12(15)14(10-18-11-17(20)21)13-7-3-5-9-16(13)19;1-5-6(2,3)4/h2-9,18H,10-11H2,1H3;1H3,(H,2,3,4)/p+1. The second-order valence-electron chi connectivity index (χ2n) is 5.66.